The topological polar surface area (TPSA) is 77.0 Å². The Kier molecular flexibility index (Phi) is 6.46. The van der Waals surface area contributed by atoms with Gasteiger partial charge in [0.1, 0.15) is 5.75 Å². The second-order valence-electron chi connectivity index (χ2n) is 6.01. The van der Waals surface area contributed by atoms with Crippen LogP contribution in [0.1, 0.15) is 31.7 Å². The van der Waals surface area contributed by atoms with E-state index >= 15 is 0 Å². The number of ether oxygens (including phenoxy) is 1. The number of primary amides is 1. The van der Waals surface area contributed by atoms with Gasteiger partial charge in [-0.25, -0.2) is 0 Å². The lowest BCUT2D eigenvalue weighted by molar-refractivity contribution is -0.114. The first-order valence-electron chi connectivity index (χ1n) is 8.18. The second-order valence-corrected chi connectivity index (χ2v) is 6.01. The van der Waals surface area contributed by atoms with Crippen molar-refractivity contribution in [3.8, 4) is 5.75 Å². The maximum Gasteiger partial charge on any atom is 0.244 e. The number of hydrogen-bond acceptors (Lipinski definition) is 4. The molecule has 5 heteroatoms. The van der Waals surface area contributed by atoms with E-state index in [1.165, 1.54) is 5.56 Å². The number of hydrogen-bond donors (Lipinski definition) is 1. The molecule has 0 saturated carbocycles. The molecule has 2 aromatic carbocycles. The first-order valence-corrected chi connectivity index (χ1v) is 8.18. The van der Waals surface area contributed by atoms with Gasteiger partial charge in [0.15, 0.2) is 0 Å². The fourth-order valence-corrected chi connectivity index (χ4v) is 2.09. The third-order valence-corrected chi connectivity index (χ3v) is 3.68. The van der Waals surface area contributed by atoms with Crippen molar-refractivity contribution in [3.63, 3.8) is 0 Å². The number of nitrogens with two attached hydrogens (primary N) is 1. The Morgan fingerprint density at radius 2 is 1.80 bits per heavy atom. The van der Waals surface area contributed by atoms with E-state index in [-0.39, 0.29) is 0 Å². The number of amides is 1. The molecule has 0 atom stereocenters. The zero-order valence-electron chi connectivity index (χ0n) is 14.6. The summed E-state index contributed by atoms with van der Waals surface area (Å²) in [5, 5.41) is 8.52. The minimum Gasteiger partial charge on any atom is -0.493 e. The minimum absolute atomic E-state index is 0.352. The number of carbonyl (C=O) groups excluding carboxylic acids is 1. The number of carbonyl (C=O) groups is 1. The lowest BCUT2D eigenvalue weighted by atomic mass is 10.0. The Morgan fingerprint density at radius 3 is 2.44 bits per heavy atom. The van der Waals surface area contributed by atoms with E-state index in [0.29, 0.717) is 30.3 Å². The lowest BCUT2D eigenvalue weighted by Crippen LogP contribution is -2.15. The van der Waals surface area contributed by atoms with Gasteiger partial charge in [-0.15, -0.1) is 0 Å². The van der Waals surface area contributed by atoms with Gasteiger partial charge < -0.3 is 10.5 Å². The second kappa shape index (κ2) is 8.78. The molecule has 1 amide bonds. The van der Waals surface area contributed by atoms with E-state index in [0.717, 1.165) is 11.4 Å². The molecule has 2 rings (SSSR count). The van der Waals surface area contributed by atoms with E-state index in [1.807, 2.05) is 42.5 Å². The summed E-state index contributed by atoms with van der Waals surface area (Å²) in [5.41, 5.74) is 8.28. The molecule has 0 aromatic heterocycles. The summed E-state index contributed by atoms with van der Waals surface area (Å²) in [7, 11) is 0. The van der Waals surface area contributed by atoms with Crippen LogP contribution in [0, 0.1) is 0 Å². The van der Waals surface area contributed by atoms with E-state index in [9.17, 15) is 4.79 Å². The standard InChI is InChI=1S/C20H23N3O2/c1-14(2)16-5-4-6-18(13-16)23-22-17-7-9-19(10-8-17)25-12-11-15(3)20(21)24/h4-10,13-14H,3,11-12H2,1-2H3,(H2,21,24). The van der Waals surface area contributed by atoms with Crippen molar-refractivity contribution in [3.05, 3.63) is 66.2 Å². The molecule has 0 aliphatic rings. The van der Waals surface area contributed by atoms with Crippen LogP contribution in [0.25, 0.3) is 0 Å². The van der Waals surface area contributed by atoms with Gasteiger partial charge in [-0.1, -0.05) is 32.6 Å². The highest BCUT2D eigenvalue weighted by atomic mass is 16.5. The molecule has 5 nitrogen and oxygen atoms in total. The molecule has 0 unspecified atom stereocenters. The molecular formula is C20H23N3O2. The minimum atomic E-state index is -0.499. The van der Waals surface area contributed by atoms with Crippen molar-refractivity contribution in [1.29, 1.82) is 0 Å². The van der Waals surface area contributed by atoms with Crippen molar-refractivity contribution in [2.45, 2.75) is 26.2 Å². The molecule has 0 aliphatic carbocycles. The highest BCUT2D eigenvalue weighted by Gasteiger charge is 2.02. The highest BCUT2D eigenvalue weighted by molar-refractivity contribution is 5.91. The van der Waals surface area contributed by atoms with E-state index in [2.05, 4.69) is 36.7 Å². The van der Waals surface area contributed by atoms with Gasteiger partial charge in [0, 0.05) is 12.0 Å². The Labute approximate surface area is 148 Å². The number of nitrogens with zero attached hydrogens (tertiary/aromatic N) is 2. The predicted octanol–water partition coefficient (Wildman–Crippen LogP) is 5.04. The molecule has 2 N–H and O–H groups in total. The Balaban J connectivity index is 1.92. The molecule has 0 aliphatic heterocycles. The summed E-state index contributed by atoms with van der Waals surface area (Å²) in [4.78, 5) is 10.9. The zero-order valence-corrected chi connectivity index (χ0v) is 14.6. The van der Waals surface area contributed by atoms with Gasteiger partial charge in [0.25, 0.3) is 0 Å². The van der Waals surface area contributed by atoms with Gasteiger partial charge in [0.05, 0.1) is 18.0 Å². The normalized spacial score (nSPS) is 11.0. The molecule has 0 radical (unpaired) electrons. The number of benzene rings is 2. The molecule has 130 valence electrons. The van der Waals surface area contributed by atoms with Crippen LogP contribution in [0.3, 0.4) is 0 Å². The SMILES string of the molecule is C=C(CCOc1ccc(N=Nc2cccc(C(C)C)c2)cc1)C(N)=O. The van der Waals surface area contributed by atoms with Crippen molar-refractivity contribution >= 4 is 17.3 Å². The quantitative estimate of drug-likeness (QED) is 0.541. The van der Waals surface area contributed by atoms with Crippen molar-refractivity contribution in [2.24, 2.45) is 16.0 Å². The summed E-state index contributed by atoms with van der Waals surface area (Å²) in [6, 6.07) is 15.3. The Morgan fingerprint density at radius 1 is 1.12 bits per heavy atom. The van der Waals surface area contributed by atoms with Crippen LogP contribution >= 0.6 is 0 Å². The lowest BCUT2D eigenvalue weighted by Gasteiger charge is -2.06. The zero-order chi connectivity index (χ0) is 18.2. The first-order chi connectivity index (χ1) is 12.0. The van der Waals surface area contributed by atoms with Crippen LogP contribution in [-0.4, -0.2) is 12.5 Å². The van der Waals surface area contributed by atoms with E-state index < -0.39 is 5.91 Å². The van der Waals surface area contributed by atoms with Crippen LogP contribution in [0.15, 0.2) is 70.9 Å². The maximum absolute atomic E-state index is 10.9. The summed E-state index contributed by atoms with van der Waals surface area (Å²) in [6.07, 6.45) is 0.406. The average molecular weight is 337 g/mol. The number of azo groups is 1. The fraction of sp³-hybridized carbons (Fsp3) is 0.250. The van der Waals surface area contributed by atoms with Crippen LogP contribution in [-0.2, 0) is 4.79 Å². The monoisotopic (exact) mass is 337 g/mol. The van der Waals surface area contributed by atoms with Crippen molar-refractivity contribution in [1.82, 2.24) is 0 Å². The van der Waals surface area contributed by atoms with Crippen molar-refractivity contribution < 1.29 is 9.53 Å². The molecule has 0 bridgehead atoms. The largest absolute Gasteiger partial charge is 0.493 e. The molecule has 0 fully saturated rings. The summed E-state index contributed by atoms with van der Waals surface area (Å²) in [6.45, 7) is 8.23. The molecule has 2 aromatic rings. The smallest absolute Gasteiger partial charge is 0.244 e. The van der Waals surface area contributed by atoms with Gasteiger partial charge >= 0.3 is 0 Å². The van der Waals surface area contributed by atoms with Gasteiger partial charge in [-0.05, 0) is 47.9 Å². The third-order valence-electron chi connectivity index (χ3n) is 3.68. The first kappa shape index (κ1) is 18.4. The van der Waals surface area contributed by atoms with E-state index in [4.69, 9.17) is 10.5 Å². The average Bonchev–Trinajstić information content (AvgIpc) is 2.61. The summed E-state index contributed by atoms with van der Waals surface area (Å²) >= 11 is 0. The number of rotatable bonds is 8. The fourth-order valence-electron chi connectivity index (χ4n) is 2.09. The third kappa shape index (κ3) is 5.88. The summed E-state index contributed by atoms with van der Waals surface area (Å²) in [5.74, 6) is 0.649. The molecule has 0 heterocycles. The van der Waals surface area contributed by atoms with Crippen LogP contribution in [0.2, 0.25) is 0 Å². The van der Waals surface area contributed by atoms with Crippen LogP contribution < -0.4 is 10.5 Å². The van der Waals surface area contributed by atoms with Crippen LogP contribution in [0.4, 0.5) is 11.4 Å². The van der Waals surface area contributed by atoms with Gasteiger partial charge in [0.2, 0.25) is 5.91 Å². The summed E-state index contributed by atoms with van der Waals surface area (Å²) < 4.78 is 5.55. The van der Waals surface area contributed by atoms with Crippen LogP contribution in [0.5, 0.6) is 5.75 Å². The molecule has 25 heavy (non-hydrogen) atoms. The Hall–Kier alpha value is -2.95. The maximum atomic E-state index is 10.9. The molecular weight excluding hydrogens is 314 g/mol. The van der Waals surface area contributed by atoms with Gasteiger partial charge in [-0.3, -0.25) is 4.79 Å². The molecule has 0 spiro atoms. The predicted molar refractivity (Wildman–Crippen MR) is 99.6 cm³/mol. The molecule has 0 saturated heterocycles. The Bertz CT molecular complexity index is 765. The van der Waals surface area contributed by atoms with E-state index in [1.54, 1.807) is 0 Å². The van der Waals surface area contributed by atoms with Crippen molar-refractivity contribution in [2.75, 3.05) is 6.61 Å². The highest BCUT2D eigenvalue weighted by Crippen LogP contribution is 2.24. The van der Waals surface area contributed by atoms with Gasteiger partial charge in [-0.2, -0.15) is 10.2 Å².